The number of rotatable bonds is 2. The fraction of sp³-hybridized carbons (Fsp3) is 0.154. The summed E-state index contributed by atoms with van der Waals surface area (Å²) in [5.74, 6) is -0.429. The van der Waals surface area contributed by atoms with Crippen LogP contribution in [0.4, 0.5) is 0 Å². The summed E-state index contributed by atoms with van der Waals surface area (Å²) in [5, 5.41) is 1.17. The molecule has 1 aromatic carbocycles. The molecule has 3 heteroatoms. The van der Waals surface area contributed by atoms with Gasteiger partial charge in [-0.15, -0.1) is 0 Å². The predicted molar refractivity (Wildman–Crippen MR) is 65.9 cm³/mol. The average Bonchev–Trinajstić information content (AvgIpc) is 2.52. The Hall–Kier alpha value is -2.03. The molecule has 1 aromatic heterocycles. The molecule has 0 aliphatic rings. The Labute approximate surface area is 94.2 Å². The Kier molecular flexibility index (Phi) is 2.52. The van der Waals surface area contributed by atoms with Crippen molar-refractivity contribution in [1.29, 1.82) is 0 Å². The van der Waals surface area contributed by atoms with Crippen molar-refractivity contribution in [3.8, 4) is 0 Å². The zero-order valence-corrected chi connectivity index (χ0v) is 9.40. The van der Waals surface area contributed by atoms with Gasteiger partial charge in [0.15, 0.2) is 0 Å². The molecule has 0 spiro atoms. The number of primary amides is 1. The first-order valence-corrected chi connectivity index (χ1v) is 5.11. The van der Waals surface area contributed by atoms with Gasteiger partial charge in [-0.3, -0.25) is 4.79 Å². The highest BCUT2D eigenvalue weighted by molar-refractivity contribution is 5.91. The van der Waals surface area contributed by atoms with E-state index in [2.05, 4.69) is 25.1 Å². The van der Waals surface area contributed by atoms with E-state index in [-0.39, 0.29) is 0 Å². The maximum Gasteiger partial charge on any atom is 0.241 e. The van der Waals surface area contributed by atoms with Crippen LogP contribution in [0.5, 0.6) is 0 Å². The van der Waals surface area contributed by atoms with Crippen molar-refractivity contribution in [2.24, 2.45) is 12.8 Å². The van der Waals surface area contributed by atoms with Crippen LogP contribution < -0.4 is 5.73 Å². The fourth-order valence-electron chi connectivity index (χ4n) is 1.82. The third-order valence-electron chi connectivity index (χ3n) is 2.65. The fourth-order valence-corrected chi connectivity index (χ4v) is 1.82. The summed E-state index contributed by atoms with van der Waals surface area (Å²) in [4.78, 5) is 10.7. The van der Waals surface area contributed by atoms with Crippen LogP contribution in [0.2, 0.25) is 0 Å². The number of benzene rings is 1. The standard InChI is InChI=1S/C13H14N2O/c1-9-3-5-12-10(7-9)8-11(15(12)2)4-6-13(14)16/h3-8H,1-2H3,(H2,14,16)/b6-4+. The van der Waals surface area contributed by atoms with Crippen LogP contribution >= 0.6 is 0 Å². The maximum absolute atomic E-state index is 10.7. The van der Waals surface area contributed by atoms with Gasteiger partial charge in [0.05, 0.1) is 0 Å². The summed E-state index contributed by atoms with van der Waals surface area (Å²) in [7, 11) is 1.97. The lowest BCUT2D eigenvalue weighted by atomic mass is 10.2. The van der Waals surface area contributed by atoms with E-state index in [0.717, 1.165) is 11.2 Å². The molecule has 0 saturated heterocycles. The Morgan fingerprint density at radius 2 is 2.12 bits per heavy atom. The zero-order chi connectivity index (χ0) is 11.7. The summed E-state index contributed by atoms with van der Waals surface area (Å²) >= 11 is 0. The van der Waals surface area contributed by atoms with Gasteiger partial charge < -0.3 is 10.3 Å². The lowest BCUT2D eigenvalue weighted by Crippen LogP contribution is -2.05. The lowest BCUT2D eigenvalue weighted by molar-refractivity contribution is -0.113. The highest BCUT2D eigenvalue weighted by Crippen LogP contribution is 2.20. The minimum atomic E-state index is -0.429. The maximum atomic E-state index is 10.7. The second-order valence-corrected chi connectivity index (χ2v) is 3.93. The molecular formula is C13H14N2O. The molecule has 2 N–H and O–H groups in total. The van der Waals surface area contributed by atoms with E-state index >= 15 is 0 Å². The molecule has 1 amide bonds. The average molecular weight is 214 g/mol. The third kappa shape index (κ3) is 1.84. The summed E-state index contributed by atoms with van der Waals surface area (Å²) in [5.41, 5.74) is 8.42. The van der Waals surface area contributed by atoms with Gasteiger partial charge in [0.1, 0.15) is 0 Å². The normalized spacial score (nSPS) is 11.4. The van der Waals surface area contributed by atoms with Crippen LogP contribution in [0.3, 0.4) is 0 Å². The second kappa shape index (κ2) is 3.85. The van der Waals surface area contributed by atoms with E-state index in [1.54, 1.807) is 6.08 Å². The number of nitrogens with two attached hydrogens (primary N) is 1. The molecule has 2 rings (SSSR count). The summed E-state index contributed by atoms with van der Waals surface area (Å²) in [6.07, 6.45) is 3.11. The number of aromatic nitrogens is 1. The van der Waals surface area contributed by atoms with Crippen molar-refractivity contribution in [1.82, 2.24) is 4.57 Å². The van der Waals surface area contributed by atoms with Crippen LogP contribution in [0.25, 0.3) is 17.0 Å². The van der Waals surface area contributed by atoms with Crippen LogP contribution in [-0.4, -0.2) is 10.5 Å². The van der Waals surface area contributed by atoms with Crippen LogP contribution in [0, 0.1) is 6.92 Å². The molecule has 0 bridgehead atoms. The van der Waals surface area contributed by atoms with E-state index in [9.17, 15) is 4.79 Å². The van der Waals surface area contributed by atoms with Crippen LogP contribution in [-0.2, 0) is 11.8 Å². The molecule has 0 unspecified atom stereocenters. The highest BCUT2D eigenvalue weighted by Gasteiger charge is 2.03. The van der Waals surface area contributed by atoms with Gasteiger partial charge in [0.25, 0.3) is 0 Å². The van der Waals surface area contributed by atoms with Crippen molar-refractivity contribution in [3.05, 3.63) is 41.6 Å². The van der Waals surface area contributed by atoms with E-state index < -0.39 is 5.91 Å². The molecule has 0 aliphatic carbocycles. The third-order valence-corrected chi connectivity index (χ3v) is 2.65. The minimum absolute atomic E-state index is 0.429. The molecule has 16 heavy (non-hydrogen) atoms. The molecule has 0 radical (unpaired) electrons. The van der Waals surface area contributed by atoms with E-state index in [0.29, 0.717) is 0 Å². The van der Waals surface area contributed by atoms with Crippen molar-refractivity contribution in [3.63, 3.8) is 0 Å². The SMILES string of the molecule is Cc1ccc2c(c1)cc(/C=C/C(N)=O)n2C. The second-order valence-electron chi connectivity index (χ2n) is 3.93. The number of fused-ring (bicyclic) bond motifs is 1. The highest BCUT2D eigenvalue weighted by atomic mass is 16.1. The van der Waals surface area contributed by atoms with Crippen molar-refractivity contribution < 1.29 is 4.79 Å². The van der Waals surface area contributed by atoms with Crippen molar-refractivity contribution in [2.75, 3.05) is 0 Å². The topological polar surface area (TPSA) is 48.0 Å². The Morgan fingerprint density at radius 1 is 1.38 bits per heavy atom. The van der Waals surface area contributed by atoms with Gasteiger partial charge in [-0.1, -0.05) is 11.6 Å². The number of aryl methyl sites for hydroxylation is 2. The van der Waals surface area contributed by atoms with Crippen LogP contribution in [0.1, 0.15) is 11.3 Å². The number of carbonyl (C=O) groups excluding carboxylic acids is 1. The Bertz CT molecular complexity index is 579. The molecule has 2 aromatic rings. The quantitative estimate of drug-likeness (QED) is 0.763. The molecule has 82 valence electrons. The lowest BCUT2D eigenvalue weighted by Gasteiger charge is -1.99. The van der Waals surface area contributed by atoms with Gasteiger partial charge in [-0.25, -0.2) is 0 Å². The first kappa shape index (κ1) is 10.5. The summed E-state index contributed by atoms with van der Waals surface area (Å²) in [6, 6.07) is 8.31. The minimum Gasteiger partial charge on any atom is -0.366 e. The zero-order valence-electron chi connectivity index (χ0n) is 9.40. The molecule has 0 atom stereocenters. The Balaban J connectivity index is 2.55. The molecule has 3 nitrogen and oxygen atoms in total. The van der Waals surface area contributed by atoms with Gasteiger partial charge in [0, 0.05) is 29.7 Å². The van der Waals surface area contributed by atoms with E-state index in [4.69, 9.17) is 5.73 Å². The van der Waals surface area contributed by atoms with Crippen molar-refractivity contribution in [2.45, 2.75) is 6.92 Å². The van der Waals surface area contributed by atoms with E-state index in [1.807, 2.05) is 17.7 Å². The monoisotopic (exact) mass is 214 g/mol. The number of carbonyl (C=O) groups is 1. The first-order valence-electron chi connectivity index (χ1n) is 5.11. The summed E-state index contributed by atoms with van der Waals surface area (Å²) in [6.45, 7) is 2.06. The largest absolute Gasteiger partial charge is 0.366 e. The number of nitrogens with zero attached hydrogens (tertiary/aromatic N) is 1. The van der Waals surface area contributed by atoms with Crippen LogP contribution in [0.15, 0.2) is 30.3 Å². The molecule has 0 fully saturated rings. The number of amides is 1. The van der Waals surface area contributed by atoms with Gasteiger partial charge >= 0.3 is 0 Å². The number of hydrogen-bond acceptors (Lipinski definition) is 1. The van der Waals surface area contributed by atoms with Crippen molar-refractivity contribution >= 4 is 22.9 Å². The van der Waals surface area contributed by atoms with Gasteiger partial charge in [0.2, 0.25) is 5.91 Å². The molecular weight excluding hydrogens is 200 g/mol. The van der Waals surface area contributed by atoms with Gasteiger partial charge in [-0.2, -0.15) is 0 Å². The predicted octanol–water partition coefficient (Wildman–Crippen LogP) is 1.99. The van der Waals surface area contributed by atoms with Gasteiger partial charge in [-0.05, 0) is 31.2 Å². The summed E-state index contributed by atoms with van der Waals surface area (Å²) < 4.78 is 2.04. The molecule has 1 heterocycles. The number of hydrogen-bond donors (Lipinski definition) is 1. The molecule has 0 aliphatic heterocycles. The first-order chi connectivity index (χ1) is 7.58. The molecule has 0 saturated carbocycles. The smallest absolute Gasteiger partial charge is 0.241 e. The Morgan fingerprint density at radius 3 is 2.81 bits per heavy atom. The van der Waals surface area contributed by atoms with E-state index in [1.165, 1.54) is 17.0 Å².